The van der Waals surface area contributed by atoms with Crippen molar-refractivity contribution in [3.8, 4) is 0 Å². The van der Waals surface area contributed by atoms with Gasteiger partial charge in [0.05, 0.1) is 4.91 Å². The Morgan fingerprint density at radius 1 is 0.909 bits per heavy atom. The van der Waals surface area contributed by atoms with Crippen LogP contribution in [0.25, 0.3) is 6.08 Å². The highest BCUT2D eigenvalue weighted by Crippen LogP contribution is 2.33. The van der Waals surface area contributed by atoms with Gasteiger partial charge in [0, 0.05) is 5.56 Å². The van der Waals surface area contributed by atoms with E-state index < -0.39 is 17.1 Å². The third-order valence-corrected chi connectivity index (χ3v) is 3.98. The van der Waals surface area contributed by atoms with Crippen molar-refractivity contribution in [3.63, 3.8) is 0 Å². The summed E-state index contributed by atoms with van der Waals surface area (Å²) >= 11 is 0.777. The zero-order valence-corrected chi connectivity index (χ0v) is 12.2. The molecule has 3 amide bonds. The van der Waals surface area contributed by atoms with E-state index in [1.54, 1.807) is 36.4 Å². The number of benzene rings is 2. The molecule has 0 N–H and O–H groups in total. The van der Waals surface area contributed by atoms with E-state index in [-0.39, 0.29) is 4.91 Å². The predicted octanol–water partition coefficient (Wildman–Crippen LogP) is 3.56. The average Bonchev–Trinajstić information content (AvgIpc) is 2.82. The van der Waals surface area contributed by atoms with E-state index in [2.05, 4.69) is 0 Å². The van der Waals surface area contributed by atoms with Crippen molar-refractivity contribution in [1.82, 2.24) is 4.90 Å². The number of carbonyl (C=O) groups excluding carboxylic acids is 3. The SMILES string of the molecule is O=C1S/C(=C/c2ccccc2)C(=O)N1C(=O)c1ccccc1. The lowest BCUT2D eigenvalue weighted by atomic mass is 10.2. The van der Waals surface area contributed by atoms with Gasteiger partial charge in [0.2, 0.25) is 0 Å². The van der Waals surface area contributed by atoms with Crippen LogP contribution in [-0.2, 0) is 4.79 Å². The van der Waals surface area contributed by atoms with Crippen LogP contribution in [0.4, 0.5) is 4.79 Å². The minimum atomic E-state index is -0.598. The lowest BCUT2D eigenvalue weighted by Crippen LogP contribution is -2.34. The number of rotatable bonds is 2. The van der Waals surface area contributed by atoms with Crippen molar-refractivity contribution in [1.29, 1.82) is 0 Å². The molecule has 108 valence electrons. The van der Waals surface area contributed by atoms with Gasteiger partial charge in [-0.15, -0.1) is 0 Å². The molecule has 3 rings (SSSR count). The third-order valence-electron chi connectivity index (χ3n) is 3.11. The van der Waals surface area contributed by atoms with E-state index in [4.69, 9.17) is 0 Å². The second-order valence-electron chi connectivity index (χ2n) is 4.60. The van der Waals surface area contributed by atoms with Crippen LogP contribution < -0.4 is 0 Å². The van der Waals surface area contributed by atoms with Crippen LogP contribution in [0.2, 0.25) is 0 Å². The molecule has 0 radical (unpaired) electrons. The summed E-state index contributed by atoms with van der Waals surface area (Å²) in [5.41, 5.74) is 1.12. The summed E-state index contributed by atoms with van der Waals surface area (Å²) in [6.45, 7) is 0. The van der Waals surface area contributed by atoms with Crippen molar-refractivity contribution in [2.75, 3.05) is 0 Å². The van der Waals surface area contributed by atoms with E-state index in [9.17, 15) is 14.4 Å². The molecule has 1 saturated heterocycles. The summed E-state index contributed by atoms with van der Waals surface area (Å²) in [6.07, 6.45) is 1.61. The number of carbonyl (C=O) groups is 3. The monoisotopic (exact) mass is 309 g/mol. The Bertz CT molecular complexity index is 769. The lowest BCUT2D eigenvalue weighted by Gasteiger charge is -2.10. The van der Waals surface area contributed by atoms with Crippen LogP contribution in [0, 0.1) is 0 Å². The van der Waals surface area contributed by atoms with Gasteiger partial charge in [-0.3, -0.25) is 14.4 Å². The molecule has 1 aliphatic rings. The molecule has 1 heterocycles. The molecule has 0 spiro atoms. The maximum Gasteiger partial charge on any atom is 0.300 e. The first-order valence-electron chi connectivity index (χ1n) is 6.59. The summed E-state index contributed by atoms with van der Waals surface area (Å²) in [4.78, 5) is 37.6. The highest BCUT2D eigenvalue weighted by atomic mass is 32.2. The zero-order chi connectivity index (χ0) is 15.5. The molecule has 1 aliphatic heterocycles. The summed E-state index contributed by atoms with van der Waals surface area (Å²) in [5, 5.41) is -0.568. The van der Waals surface area contributed by atoms with Crippen LogP contribution in [0.1, 0.15) is 15.9 Å². The summed E-state index contributed by atoms with van der Waals surface area (Å²) < 4.78 is 0. The first-order valence-corrected chi connectivity index (χ1v) is 7.41. The quantitative estimate of drug-likeness (QED) is 0.628. The molecule has 0 aromatic heterocycles. The number of nitrogens with zero attached hydrogens (tertiary/aromatic N) is 1. The van der Waals surface area contributed by atoms with Gasteiger partial charge in [-0.2, -0.15) is 0 Å². The minimum absolute atomic E-state index is 0.250. The number of imide groups is 3. The lowest BCUT2D eigenvalue weighted by molar-refractivity contribution is -0.120. The zero-order valence-electron chi connectivity index (χ0n) is 11.4. The van der Waals surface area contributed by atoms with Gasteiger partial charge < -0.3 is 0 Å². The average molecular weight is 309 g/mol. The third kappa shape index (κ3) is 2.71. The first kappa shape index (κ1) is 14.3. The molecule has 0 aliphatic carbocycles. The predicted molar refractivity (Wildman–Crippen MR) is 85.0 cm³/mol. The second kappa shape index (κ2) is 5.99. The Hall–Kier alpha value is -2.66. The Balaban J connectivity index is 1.89. The fourth-order valence-corrected chi connectivity index (χ4v) is 2.87. The summed E-state index contributed by atoms with van der Waals surface area (Å²) in [7, 11) is 0. The van der Waals surface area contributed by atoms with Crippen molar-refractivity contribution in [3.05, 3.63) is 76.7 Å². The molecule has 2 aromatic rings. The maximum absolute atomic E-state index is 12.3. The molecule has 0 atom stereocenters. The van der Waals surface area contributed by atoms with Crippen molar-refractivity contribution in [2.24, 2.45) is 0 Å². The Kier molecular flexibility index (Phi) is 3.89. The van der Waals surface area contributed by atoms with Crippen molar-refractivity contribution < 1.29 is 14.4 Å². The van der Waals surface area contributed by atoms with Gasteiger partial charge in [-0.1, -0.05) is 48.5 Å². The van der Waals surface area contributed by atoms with Gasteiger partial charge in [0.15, 0.2) is 0 Å². The van der Waals surface area contributed by atoms with Crippen LogP contribution in [-0.4, -0.2) is 22.0 Å². The number of amides is 3. The van der Waals surface area contributed by atoms with Gasteiger partial charge in [0.1, 0.15) is 0 Å². The van der Waals surface area contributed by atoms with Crippen LogP contribution in [0.5, 0.6) is 0 Å². The minimum Gasteiger partial charge on any atom is -0.268 e. The van der Waals surface area contributed by atoms with Gasteiger partial charge in [-0.25, -0.2) is 4.90 Å². The normalized spacial score (nSPS) is 16.4. The second-order valence-corrected chi connectivity index (χ2v) is 5.59. The molecule has 4 nitrogen and oxygen atoms in total. The van der Waals surface area contributed by atoms with Crippen LogP contribution in [0.3, 0.4) is 0 Å². The van der Waals surface area contributed by atoms with E-state index in [1.165, 1.54) is 0 Å². The number of hydrogen-bond acceptors (Lipinski definition) is 4. The van der Waals surface area contributed by atoms with Crippen LogP contribution >= 0.6 is 11.8 Å². The standard InChI is InChI=1S/C17H11NO3S/c19-15(13-9-5-2-6-10-13)18-16(20)14(22-17(18)21)11-12-7-3-1-4-8-12/h1-11H/b14-11+. The molecule has 2 aromatic carbocycles. The molecular formula is C17H11NO3S. The van der Waals surface area contributed by atoms with E-state index in [0.717, 1.165) is 17.3 Å². The molecule has 5 heteroatoms. The largest absolute Gasteiger partial charge is 0.300 e. The topological polar surface area (TPSA) is 54.5 Å². The number of thioether (sulfide) groups is 1. The molecular weight excluding hydrogens is 298 g/mol. The molecule has 0 saturated carbocycles. The van der Waals surface area contributed by atoms with E-state index in [1.807, 2.05) is 30.3 Å². The summed E-state index contributed by atoms with van der Waals surface area (Å²) in [6, 6.07) is 17.5. The van der Waals surface area contributed by atoms with Crippen molar-refractivity contribution in [2.45, 2.75) is 0 Å². The fraction of sp³-hybridized carbons (Fsp3) is 0. The Morgan fingerprint density at radius 2 is 1.50 bits per heavy atom. The molecule has 0 unspecified atom stereocenters. The maximum atomic E-state index is 12.3. The Morgan fingerprint density at radius 3 is 2.14 bits per heavy atom. The summed E-state index contributed by atoms with van der Waals surface area (Å²) in [5.74, 6) is -1.17. The van der Waals surface area contributed by atoms with Crippen LogP contribution in [0.15, 0.2) is 65.6 Å². The smallest absolute Gasteiger partial charge is 0.268 e. The fourth-order valence-electron chi connectivity index (χ4n) is 2.05. The first-order chi connectivity index (χ1) is 10.7. The van der Waals surface area contributed by atoms with Gasteiger partial charge >= 0.3 is 5.24 Å². The van der Waals surface area contributed by atoms with E-state index >= 15 is 0 Å². The highest BCUT2D eigenvalue weighted by molar-refractivity contribution is 8.18. The molecule has 0 bridgehead atoms. The number of hydrogen-bond donors (Lipinski definition) is 0. The molecule has 22 heavy (non-hydrogen) atoms. The van der Waals surface area contributed by atoms with E-state index in [0.29, 0.717) is 10.5 Å². The molecule has 1 fully saturated rings. The van der Waals surface area contributed by atoms with Crippen molar-refractivity contribution >= 4 is 34.9 Å². The Labute approximate surface area is 131 Å². The van der Waals surface area contributed by atoms with Gasteiger partial charge in [0.25, 0.3) is 11.8 Å². The highest BCUT2D eigenvalue weighted by Gasteiger charge is 2.40. The van der Waals surface area contributed by atoms with Gasteiger partial charge in [-0.05, 0) is 35.5 Å².